The normalized spacial score (nSPS) is 22.6. The van der Waals surface area contributed by atoms with E-state index in [1.807, 2.05) is 6.92 Å². The third kappa shape index (κ3) is 2.88. The van der Waals surface area contributed by atoms with Gasteiger partial charge in [0, 0.05) is 0 Å². The molecule has 1 aliphatic rings. The van der Waals surface area contributed by atoms with Crippen LogP contribution < -0.4 is 4.72 Å². The van der Waals surface area contributed by atoms with Crippen molar-refractivity contribution >= 4 is 15.9 Å². The molecule has 5 nitrogen and oxygen atoms in total. The van der Waals surface area contributed by atoms with Crippen molar-refractivity contribution in [1.29, 1.82) is 0 Å². The molecule has 1 saturated heterocycles. The highest BCUT2D eigenvalue weighted by molar-refractivity contribution is 7.90. The number of amides is 1. The second-order valence-electron chi connectivity index (χ2n) is 3.56. The first-order valence-corrected chi connectivity index (χ1v) is 6.50. The SMILES string of the molecule is CCN1CCC[C@H]1C(=O)NS(=O)(=O)C(F)F. The third-order valence-corrected chi connectivity index (χ3v) is 3.50. The topological polar surface area (TPSA) is 66.5 Å². The molecule has 94 valence electrons. The molecule has 0 saturated carbocycles. The number of carbonyl (C=O) groups excluding carboxylic acids is 1. The maximum Gasteiger partial charge on any atom is 0.355 e. The predicted molar refractivity (Wildman–Crippen MR) is 53.3 cm³/mol. The quantitative estimate of drug-likeness (QED) is 0.777. The maximum atomic E-state index is 12.0. The molecule has 1 N–H and O–H groups in total. The summed E-state index contributed by atoms with van der Waals surface area (Å²) in [7, 11) is -4.83. The van der Waals surface area contributed by atoms with Crippen LogP contribution in [0.25, 0.3) is 0 Å². The highest BCUT2D eigenvalue weighted by atomic mass is 32.2. The van der Waals surface area contributed by atoms with Crippen molar-refractivity contribution in [3.8, 4) is 0 Å². The van der Waals surface area contributed by atoms with Gasteiger partial charge in [-0.15, -0.1) is 0 Å². The molecule has 1 atom stereocenters. The van der Waals surface area contributed by atoms with Gasteiger partial charge in [0.05, 0.1) is 6.04 Å². The number of nitrogens with zero attached hydrogens (tertiary/aromatic N) is 1. The molecule has 1 heterocycles. The van der Waals surface area contributed by atoms with Gasteiger partial charge in [0.2, 0.25) is 0 Å². The van der Waals surface area contributed by atoms with Gasteiger partial charge in [0.25, 0.3) is 15.9 Å². The number of hydrogen-bond acceptors (Lipinski definition) is 4. The fraction of sp³-hybridized carbons (Fsp3) is 0.875. The van der Waals surface area contributed by atoms with E-state index in [0.717, 1.165) is 6.42 Å². The number of hydrogen-bond donors (Lipinski definition) is 1. The summed E-state index contributed by atoms with van der Waals surface area (Å²) in [6, 6.07) is -0.612. The molecule has 0 aliphatic carbocycles. The summed E-state index contributed by atoms with van der Waals surface area (Å²) in [4.78, 5) is 13.2. The lowest BCUT2D eigenvalue weighted by atomic mass is 10.2. The summed E-state index contributed by atoms with van der Waals surface area (Å²) in [5, 5.41) is 0. The van der Waals surface area contributed by atoms with Crippen molar-refractivity contribution in [3.63, 3.8) is 0 Å². The summed E-state index contributed by atoms with van der Waals surface area (Å²) in [5.74, 6) is -4.44. The Hall–Kier alpha value is -0.760. The van der Waals surface area contributed by atoms with Crippen molar-refractivity contribution < 1.29 is 22.0 Å². The van der Waals surface area contributed by atoms with Crippen molar-refractivity contribution in [2.45, 2.75) is 31.6 Å². The number of nitrogens with one attached hydrogen (secondary N) is 1. The van der Waals surface area contributed by atoms with E-state index in [2.05, 4.69) is 0 Å². The van der Waals surface area contributed by atoms with Crippen LogP contribution in [0.15, 0.2) is 0 Å². The van der Waals surface area contributed by atoms with Gasteiger partial charge in [0.15, 0.2) is 0 Å². The Bertz CT molecular complexity index is 358. The number of rotatable bonds is 4. The van der Waals surface area contributed by atoms with Gasteiger partial charge >= 0.3 is 5.76 Å². The van der Waals surface area contributed by atoms with Gasteiger partial charge < -0.3 is 0 Å². The molecule has 0 bridgehead atoms. The standard InChI is InChI=1S/C8H14F2N2O3S/c1-2-12-5-3-4-6(12)7(13)11-16(14,15)8(9)10/h6,8H,2-5H2,1H3,(H,11,13)/t6-/m0/s1. The first-order valence-electron chi connectivity index (χ1n) is 4.96. The Morgan fingerprint density at radius 3 is 2.69 bits per heavy atom. The van der Waals surface area contributed by atoms with E-state index in [1.54, 1.807) is 4.90 Å². The Kier molecular flexibility index (Phi) is 4.20. The van der Waals surface area contributed by atoms with Gasteiger partial charge in [-0.05, 0) is 25.9 Å². The third-order valence-electron chi connectivity index (χ3n) is 2.55. The van der Waals surface area contributed by atoms with Crippen LogP contribution in [-0.4, -0.2) is 44.1 Å². The lowest BCUT2D eigenvalue weighted by molar-refractivity contribution is -0.123. The average molecular weight is 256 g/mol. The monoisotopic (exact) mass is 256 g/mol. The van der Waals surface area contributed by atoms with Crippen molar-refractivity contribution in [3.05, 3.63) is 0 Å². The summed E-state index contributed by atoms with van der Waals surface area (Å²) >= 11 is 0. The van der Waals surface area contributed by atoms with Crippen LogP contribution >= 0.6 is 0 Å². The van der Waals surface area contributed by atoms with E-state index < -0.39 is 27.7 Å². The molecule has 0 radical (unpaired) electrons. The van der Waals surface area contributed by atoms with Crippen LogP contribution in [-0.2, 0) is 14.8 Å². The summed E-state index contributed by atoms with van der Waals surface area (Å²) < 4.78 is 47.0. The molecule has 1 amide bonds. The molecule has 8 heteroatoms. The van der Waals surface area contributed by atoms with Crippen LogP contribution in [0.5, 0.6) is 0 Å². The number of likely N-dealkylation sites (N-methyl/N-ethyl adjacent to an activating group) is 1. The van der Waals surface area contributed by atoms with E-state index in [-0.39, 0.29) is 0 Å². The molecule has 1 fully saturated rings. The maximum absolute atomic E-state index is 12.0. The number of carbonyl (C=O) groups is 1. The van der Waals surface area contributed by atoms with Gasteiger partial charge in [-0.1, -0.05) is 6.92 Å². The fourth-order valence-electron chi connectivity index (χ4n) is 1.75. The van der Waals surface area contributed by atoms with Crippen molar-refractivity contribution in [2.24, 2.45) is 0 Å². The molecule has 0 aromatic heterocycles. The first-order chi connectivity index (χ1) is 7.38. The Labute approximate surface area is 92.9 Å². The minimum atomic E-state index is -4.83. The average Bonchev–Trinajstić information content (AvgIpc) is 2.64. The van der Waals surface area contributed by atoms with Gasteiger partial charge in [-0.3, -0.25) is 9.69 Å². The second kappa shape index (κ2) is 5.05. The van der Waals surface area contributed by atoms with Crippen LogP contribution in [0.1, 0.15) is 19.8 Å². The largest absolute Gasteiger partial charge is 0.355 e. The molecule has 0 unspecified atom stereocenters. The lowest BCUT2D eigenvalue weighted by Crippen LogP contribution is -2.46. The van der Waals surface area contributed by atoms with E-state index in [1.165, 1.54) is 4.72 Å². The molecule has 1 rings (SSSR count). The first kappa shape index (κ1) is 13.3. The number of alkyl halides is 2. The minimum absolute atomic E-state index is 0.498. The summed E-state index contributed by atoms with van der Waals surface area (Å²) in [5.41, 5.74) is 0. The summed E-state index contributed by atoms with van der Waals surface area (Å²) in [6.07, 6.45) is 1.26. The van der Waals surface area contributed by atoms with Crippen molar-refractivity contribution in [1.82, 2.24) is 9.62 Å². The van der Waals surface area contributed by atoms with Gasteiger partial charge in [-0.2, -0.15) is 8.78 Å². The second-order valence-corrected chi connectivity index (χ2v) is 5.21. The van der Waals surface area contributed by atoms with E-state index in [0.29, 0.717) is 19.5 Å². The van der Waals surface area contributed by atoms with Crippen LogP contribution in [0, 0.1) is 0 Å². The van der Waals surface area contributed by atoms with E-state index in [9.17, 15) is 22.0 Å². The van der Waals surface area contributed by atoms with Crippen LogP contribution in [0.2, 0.25) is 0 Å². The van der Waals surface area contributed by atoms with Crippen LogP contribution in [0.3, 0.4) is 0 Å². The number of sulfonamides is 1. The molecule has 16 heavy (non-hydrogen) atoms. The molecule has 0 aromatic carbocycles. The molecule has 0 aromatic rings. The highest BCUT2D eigenvalue weighted by Crippen LogP contribution is 2.17. The van der Waals surface area contributed by atoms with Crippen molar-refractivity contribution in [2.75, 3.05) is 13.1 Å². The fourth-order valence-corrected chi connectivity index (χ4v) is 2.26. The zero-order valence-corrected chi connectivity index (χ0v) is 9.64. The lowest BCUT2D eigenvalue weighted by Gasteiger charge is -2.21. The minimum Gasteiger partial charge on any atom is -0.292 e. The molecule has 1 aliphatic heterocycles. The van der Waals surface area contributed by atoms with Gasteiger partial charge in [-0.25, -0.2) is 13.1 Å². The Morgan fingerprint density at radius 2 is 2.19 bits per heavy atom. The number of halogens is 2. The smallest absolute Gasteiger partial charge is 0.292 e. The molecule has 0 spiro atoms. The van der Waals surface area contributed by atoms with E-state index >= 15 is 0 Å². The van der Waals surface area contributed by atoms with E-state index in [4.69, 9.17) is 0 Å². The Balaban J connectivity index is 2.66. The molecular weight excluding hydrogens is 242 g/mol. The highest BCUT2D eigenvalue weighted by Gasteiger charge is 2.34. The number of likely N-dealkylation sites (tertiary alicyclic amines) is 1. The zero-order valence-electron chi connectivity index (χ0n) is 8.82. The summed E-state index contributed by atoms with van der Waals surface area (Å²) in [6.45, 7) is 3.10. The van der Waals surface area contributed by atoms with Crippen LogP contribution in [0.4, 0.5) is 8.78 Å². The Morgan fingerprint density at radius 1 is 1.56 bits per heavy atom. The predicted octanol–water partition coefficient (Wildman–Crippen LogP) is 0.139. The zero-order chi connectivity index (χ0) is 12.3. The van der Waals surface area contributed by atoms with Gasteiger partial charge in [0.1, 0.15) is 0 Å². The molecular formula is C8H14F2N2O3S.